The maximum atomic E-state index is 11.9. The first-order valence-corrected chi connectivity index (χ1v) is 8.92. The summed E-state index contributed by atoms with van der Waals surface area (Å²) in [5.41, 5.74) is 1.95. The Labute approximate surface area is 203 Å². The van der Waals surface area contributed by atoms with Gasteiger partial charge in [-0.3, -0.25) is 4.79 Å². The minimum absolute atomic E-state index is 0. The average Bonchev–Trinajstić information content (AvgIpc) is 2.75. The molecule has 0 radical (unpaired) electrons. The number of carbonyl (C=O) groups excluding carboxylic acids is 2. The predicted molar refractivity (Wildman–Crippen MR) is 107 cm³/mol. The number of esters is 1. The molecule has 0 aromatic heterocycles. The summed E-state index contributed by atoms with van der Waals surface area (Å²) in [7, 11) is 5.98. The Morgan fingerprint density at radius 2 is 1.35 bits per heavy atom. The number of carboxylic acids is 1. The molecule has 0 heterocycles. The minimum atomic E-state index is -1.33. The molecule has 9 heteroatoms. The second kappa shape index (κ2) is 12.2. The van der Waals surface area contributed by atoms with Crippen LogP contribution in [0.2, 0.25) is 0 Å². The fourth-order valence-electron chi connectivity index (χ4n) is 2.74. The standard InChI is InChI=1S/C22H24O8.Na/c1-13(15-11-18(27-3)22(29-5)19(12-15)28-4)14-6-7-16(26-2)17(10-14)30-21(25)9-8-20(23)24;/h6-7,10-12H,1,8-9H2,2-5H3,(H,23,24);/q;+1/p-1. The molecule has 0 amide bonds. The SMILES string of the molecule is C=C(c1ccc(OC)c(OC(=O)CCC(=O)[O-])c1)c1cc(OC)c(OC)c(OC)c1.[Na+]. The Kier molecular flexibility index (Phi) is 10.4. The summed E-state index contributed by atoms with van der Waals surface area (Å²) in [6.45, 7) is 4.12. The maximum Gasteiger partial charge on any atom is 1.00 e. The molecule has 31 heavy (non-hydrogen) atoms. The first-order valence-electron chi connectivity index (χ1n) is 8.92. The quantitative estimate of drug-likeness (QED) is 0.271. The van der Waals surface area contributed by atoms with Crippen LogP contribution in [0, 0.1) is 0 Å². The zero-order valence-electron chi connectivity index (χ0n) is 18.3. The van der Waals surface area contributed by atoms with Gasteiger partial charge in [-0.25, -0.2) is 0 Å². The molecule has 160 valence electrons. The van der Waals surface area contributed by atoms with Crippen molar-refractivity contribution in [2.45, 2.75) is 12.8 Å². The molecule has 2 aromatic carbocycles. The Hall–Kier alpha value is -2.68. The van der Waals surface area contributed by atoms with Crippen LogP contribution in [0.1, 0.15) is 24.0 Å². The van der Waals surface area contributed by atoms with Gasteiger partial charge in [0.15, 0.2) is 23.0 Å². The molecule has 0 bridgehead atoms. The zero-order chi connectivity index (χ0) is 22.3. The van der Waals surface area contributed by atoms with E-state index < -0.39 is 18.4 Å². The molecule has 0 N–H and O–H groups in total. The number of rotatable bonds is 10. The third-order valence-corrected chi connectivity index (χ3v) is 4.28. The van der Waals surface area contributed by atoms with Gasteiger partial charge in [-0.15, -0.1) is 0 Å². The van der Waals surface area contributed by atoms with Crippen LogP contribution in [-0.4, -0.2) is 40.4 Å². The summed E-state index contributed by atoms with van der Waals surface area (Å²) in [6.07, 6.45) is -0.747. The smallest absolute Gasteiger partial charge is 0.550 e. The number of hydrogen-bond donors (Lipinski definition) is 0. The van der Waals surface area contributed by atoms with Crippen LogP contribution in [-0.2, 0) is 9.59 Å². The molecule has 0 aliphatic rings. The number of aliphatic carboxylic acids is 1. The molecular formula is C22H23NaO8. The van der Waals surface area contributed by atoms with Crippen LogP contribution in [0.4, 0.5) is 0 Å². The third-order valence-electron chi connectivity index (χ3n) is 4.28. The van der Waals surface area contributed by atoms with Gasteiger partial charge in [0.1, 0.15) is 0 Å². The molecule has 0 spiro atoms. The minimum Gasteiger partial charge on any atom is -0.550 e. The van der Waals surface area contributed by atoms with E-state index in [4.69, 9.17) is 23.7 Å². The third kappa shape index (κ3) is 6.65. The van der Waals surface area contributed by atoms with E-state index in [1.165, 1.54) is 28.4 Å². The van der Waals surface area contributed by atoms with Crippen molar-refractivity contribution in [3.05, 3.63) is 48.0 Å². The van der Waals surface area contributed by atoms with Gasteiger partial charge in [0.25, 0.3) is 0 Å². The first-order chi connectivity index (χ1) is 14.3. The second-order valence-electron chi connectivity index (χ2n) is 6.10. The summed E-state index contributed by atoms with van der Waals surface area (Å²) < 4.78 is 26.6. The van der Waals surface area contributed by atoms with Crippen molar-refractivity contribution in [3.8, 4) is 28.7 Å². The van der Waals surface area contributed by atoms with Crippen LogP contribution in [0.5, 0.6) is 28.7 Å². The number of benzene rings is 2. The number of ether oxygens (including phenoxy) is 5. The Balaban J connectivity index is 0.00000480. The van der Waals surface area contributed by atoms with Gasteiger partial charge in [0.2, 0.25) is 5.75 Å². The van der Waals surface area contributed by atoms with Crippen molar-refractivity contribution in [2.24, 2.45) is 0 Å². The van der Waals surface area contributed by atoms with E-state index >= 15 is 0 Å². The second-order valence-corrected chi connectivity index (χ2v) is 6.10. The van der Waals surface area contributed by atoms with E-state index in [0.29, 0.717) is 39.7 Å². The molecule has 0 unspecified atom stereocenters. The van der Waals surface area contributed by atoms with Crippen LogP contribution >= 0.6 is 0 Å². The number of methoxy groups -OCH3 is 4. The first kappa shape index (κ1) is 26.4. The van der Waals surface area contributed by atoms with E-state index in [-0.39, 0.29) is 41.7 Å². The summed E-state index contributed by atoms with van der Waals surface area (Å²) in [6, 6.07) is 8.46. The van der Waals surface area contributed by atoms with Gasteiger partial charge in [-0.2, -0.15) is 0 Å². The summed E-state index contributed by atoms with van der Waals surface area (Å²) in [5, 5.41) is 10.5. The molecule has 0 aliphatic heterocycles. The van der Waals surface area contributed by atoms with Crippen LogP contribution in [0.15, 0.2) is 36.9 Å². The van der Waals surface area contributed by atoms with Crippen LogP contribution in [0.25, 0.3) is 5.57 Å². The predicted octanol–water partition coefficient (Wildman–Crippen LogP) is -0.778. The normalized spacial score (nSPS) is 9.81. The van der Waals surface area contributed by atoms with E-state index in [1.54, 1.807) is 30.3 Å². The molecule has 0 atom stereocenters. The number of hydrogen-bond acceptors (Lipinski definition) is 8. The molecule has 0 saturated heterocycles. The van der Waals surface area contributed by atoms with Crippen molar-refractivity contribution in [1.29, 1.82) is 0 Å². The molecule has 2 aromatic rings. The van der Waals surface area contributed by atoms with E-state index in [0.717, 1.165) is 0 Å². The Morgan fingerprint density at radius 3 is 1.84 bits per heavy atom. The summed E-state index contributed by atoms with van der Waals surface area (Å²) >= 11 is 0. The average molecular weight is 438 g/mol. The van der Waals surface area contributed by atoms with Crippen molar-refractivity contribution in [1.82, 2.24) is 0 Å². The zero-order valence-corrected chi connectivity index (χ0v) is 20.3. The van der Waals surface area contributed by atoms with Crippen molar-refractivity contribution >= 4 is 17.5 Å². The van der Waals surface area contributed by atoms with Gasteiger partial charge in [0.05, 0.1) is 34.9 Å². The van der Waals surface area contributed by atoms with Gasteiger partial charge in [-0.05, 0) is 47.4 Å². The number of carbonyl (C=O) groups is 2. The molecular weight excluding hydrogens is 415 g/mol. The largest absolute Gasteiger partial charge is 1.00 e. The molecule has 0 fully saturated rings. The van der Waals surface area contributed by atoms with Gasteiger partial charge < -0.3 is 33.6 Å². The van der Waals surface area contributed by atoms with Crippen LogP contribution in [0.3, 0.4) is 0 Å². The van der Waals surface area contributed by atoms with E-state index in [2.05, 4.69) is 6.58 Å². The Bertz CT molecular complexity index is 930. The molecule has 0 aliphatic carbocycles. The molecule has 2 rings (SSSR count). The van der Waals surface area contributed by atoms with E-state index in [1.807, 2.05) is 0 Å². The topological polar surface area (TPSA) is 103 Å². The van der Waals surface area contributed by atoms with Crippen molar-refractivity contribution in [3.63, 3.8) is 0 Å². The van der Waals surface area contributed by atoms with Gasteiger partial charge in [0, 0.05) is 5.97 Å². The van der Waals surface area contributed by atoms with Crippen molar-refractivity contribution in [2.75, 3.05) is 28.4 Å². The van der Waals surface area contributed by atoms with Gasteiger partial charge >= 0.3 is 35.5 Å². The number of carboxylic acid groups (broad SMARTS) is 1. The van der Waals surface area contributed by atoms with E-state index in [9.17, 15) is 14.7 Å². The van der Waals surface area contributed by atoms with Crippen molar-refractivity contribution < 1.29 is 67.9 Å². The summed E-state index contributed by atoms with van der Waals surface area (Å²) in [4.78, 5) is 22.5. The molecule has 8 nitrogen and oxygen atoms in total. The van der Waals surface area contributed by atoms with Gasteiger partial charge in [-0.1, -0.05) is 12.6 Å². The fraction of sp³-hybridized carbons (Fsp3) is 0.273. The van der Waals surface area contributed by atoms with Crippen LogP contribution < -0.4 is 58.3 Å². The fourth-order valence-corrected chi connectivity index (χ4v) is 2.74. The maximum absolute atomic E-state index is 11.9. The molecule has 0 saturated carbocycles. The Morgan fingerprint density at radius 1 is 0.806 bits per heavy atom. The monoisotopic (exact) mass is 438 g/mol. The summed E-state index contributed by atoms with van der Waals surface area (Å²) in [5.74, 6) is -0.193.